The van der Waals surface area contributed by atoms with E-state index in [1.54, 1.807) is 30.3 Å². The Bertz CT molecular complexity index is 855. The lowest BCUT2D eigenvalue weighted by Crippen LogP contribution is -2.04. The average Bonchev–Trinajstić information content (AvgIpc) is 2.69. The van der Waals surface area contributed by atoms with Gasteiger partial charge in [-0.25, -0.2) is 9.59 Å². The first-order valence-electron chi connectivity index (χ1n) is 7.95. The average molecular weight is 372 g/mol. The van der Waals surface area contributed by atoms with Crippen molar-refractivity contribution in [1.29, 1.82) is 0 Å². The van der Waals surface area contributed by atoms with Crippen molar-refractivity contribution < 1.29 is 33.6 Å². The van der Waals surface area contributed by atoms with Gasteiger partial charge in [-0.05, 0) is 42.0 Å². The molecule has 2 aromatic carbocycles. The van der Waals surface area contributed by atoms with Crippen LogP contribution in [0, 0.1) is 0 Å². The molecule has 0 heterocycles. The van der Waals surface area contributed by atoms with Crippen LogP contribution >= 0.6 is 0 Å². The van der Waals surface area contributed by atoms with E-state index in [1.807, 2.05) is 0 Å². The first-order chi connectivity index (χ1) is 13.0. The van der Waals surface area contributed by atoms with Crippen LogP contribution in [0.2, 0.25) is 0 Å². The fourth-order valence-electron chi connectivity index (χ4n) is 2.37. The molecule has 0 saturated carbocycles. The number of carboxylic acid groups (broad SMARTS) is 1. The standard InChI is InChI=1S/C20H20O7/c1-24-16-7-4-13(5-9-19(21)22)10-15(16)12-27-17-8-6-14(20(23)26-3)11-18(17)25-2/h4-11H,12H2,1-3H3,(H,21,22). The van der Waals surface area contributed by atoms with Gasteiger partial charge in [0, 0.05) is 11.6 Å². The predicted octanol–water partition coefficient (Wildman–Crippen LogP) is 3.17. The molecule has 142 valence electrons. The topological polar surface area (TPSA) is 91.3 Å². The molecule has 0 bridgehead atoms. The molecule has 1 N–H and O–H groups in total. The zero-order valence-corrected chi connectivity index (χ0v) is 15.2. The molecule has 0 fully saturated rings. The maximum atomic E-state index is 11.6. The van der Waals surface area contributed by atoms with Crippen molar-refractivity contribution in [3.8, 4) is 17.2 Å². The molecule has 0 aromatic heterocycles. The van der Waals surface area contributed by atoms with Gasteiger partial charge < -0.3 is 24.1 Å². The summed E-state index contributed by atoms with van der Waals surface area (Å²) in [4.78, 5) is 22.3. The second kappa shape index (κ2) is 9.28. The van der Waals surface area contributed by atoms with Gasteiger partial charge in [-0.1, -0.05) is 6.07 Å². The quantitative estimate of drug-likeness (QED) is 0.562. The second-order valence-electron chi connectivity index (χ2n) is 5.39. The molecule has 0 amide bonds. The molecule has 27 heavy (non-hydrogen) atoms. The Morgan fingerprint density at radius 3 is 2.30 bits per heavy atom. The summed E-state index contributed by atoms with van der Waals surface area (Å²) >= 11 is 0. The van der Waals surface area contributed by atoms with Crippen LogP contribution in [0.25, 0.3) is 6.08 Å². The minimum atomic E-state index is -1.03. The lowest BCUT2D eigenvalue weighted by atomic mass is 10.1. The van der Waals surface area contributed by atoms with Gasteiger partial charge in [0.25, 0.3) is 0 Å². The van der Waals surface area contributed by atoms with Gasteiger partial charge in [0.1, 0.15) is 12.4 Å². The van der Waals surface area contributed by atoms with Gasteiger partial charge in [-0.2, -0.15) is 0 Å². The Kier molecular flexibility index (Phi) is 6.82. The number of hydrogen-bond donors (Lipinski definition) is 1. The van der Waals surface area contributed by atoms with E-state index < -0.39 is 11.9 Å². The maximum Gasteiger partial charge on any atom is 0.337 e. The van der Waals surface area contributed by atoms with Crippen molar-refractivity contribution in [3.05, 3.63) is 59.2 Å². The van der Waals surface area contributed by atoms with Gasteiger partial charge >= 0.3 is 11.9 Å². The van der Waals surface area contributed by atoms with E-state index in [9.17, 15) is 9.59 Å². The van der Waals surface area contributed by atoms with Crippen LogP contribution in [0.1, 0.15) is 21.5 Å². The number of carbonyl (C=O) groups is 2. The van der Waals surface area contributed by atoms with Crippen LogP contribution in [-0.4, -0.2) is 38.4 Å². The van der Waals surface area contributed by atoms with Gasteiger partial charge in [0.2, 0.25) is 0 Å². The highest BCUT2D eigenvalue weighted by Crippen LogP contribution is 2.30. The normalized spacial score (nSPS) is 10.5. The van der Waals surface area contributed by atoms with Gasteiger partial charge in [0.05, 0.1) is 26.9 Å². The molecule has 7 heteroatoms. The van der Waals surface area contributed by atoms with Crippen LogP contribution < -0.4 is 14.2 Å². The lowest BCUT2D eigenvalue weighted by molar-refractivity contribution is -0.131. The molecule has 0 spiro atoms. The Morgan fingerprint density at radius 1 is 0.963 bits per heavy atom. The third kappa shape index (κ3) is 5.24. The smallest absolute Gasteiger partial charge is 0.337 e. The molecular formula is C20H20O7. The Balaban J connectivity index is 2.23. The first-order valence-corrected chi connectivity index (χ1v) is 7.95. The third-order valence-corrected chi connectivity index (χ3v) is 3.69. The summed E-state index contributed by atoms with van der Waals surface area (Å²) in [5.74, 6) is -0.0661. The minimum absolute atomic E-state index is 0.159. The number of carbonyl (C=O) groups excluding carboxylic acids is 1. The number of benzene rings is 2. The van der Waals surface area contributed by atoms with Gasteiger partial charge in [0.15, 0.2) is 11.5 Å². The zero-order valence-electron chi connectivity index (χ0n) is 15.2. The van der Waals surface area contributed by atoms with E-state index >= 15 is 0 Å². The maximum absolute atomic E-state index is 11.6. The van der Waals surface area contributed by atoms with Crippen LogP contribution in [0.3, 0.4) is 0 Å². The van der Waals surface area contributed by atoms with Crippen LogP contribution in [0.5, 0.6) is 17.2 Å². The second-order valence-corrected chi connectivity index (χ2v) is 5.39. The van der Waals surface area contributed by atoms with E-state index in [-0.39, 0.29) is 6.61 Å². The molecule has 0 saturated heterocycles. The highest BCUT2D eigenvalue weighted by atomic mass is 16.5. The van der Waals surface area contributed by atoms with E-state index in [1.165, 1.54) is 33.5 Å². The summed E-state index contributed by atoms with van der Waals surface area (Å²) in [6, 6.07) is 9.97. The SMILES string of the molecule is COC(=O)c1ccc(OCc2cc(C=CC(=O)O)ccc2OC)c(OC)c1. The molecule has 0 aliphatic heterocycles. The highest BCUT2D eigenvalue weighted by molar-refractivity contribution is 5.90. The monoisotopic (exact) mass is 372 g/mol. The molecule has 7 nitrogen and oxygen atoms in total. The number of rotatable bonds is 8. The highest BCUT2D eigenvalue weighted by Gasteiger charge is 2.12. The van der Waals surface area contributed by atoms with Crippen LogP contribution in [0.15, 0.2) is 42.5 Å². The number of ether oxygens (including phenoxy) is 4. The van der Waals surface area contributed by atoms with Gasteiger partial charge in [-0.15, -0.1) is 0 Å². The first kappa shape index (κ1) is 19.8. The van der Waals surface area contributed by atoms with Crippen molar-refractivity contribution in [2.24, 2.45) is 0 Å². The van der Waals surface area contributed by atoms with Crippen molar-refractivity contribution in [3.63, 3.8) is 0 Å². The number of aliphatic carboxylic acids is 1. The molecule has 2 aromatic rings. The summed E-state index contributed by atoms with van der Waals surface area (Å²) in [5, 5.41) is 8.75. The van der Waals surface area contributed by atoms with E-state index in [2.05, 4.69) is 4.74 Å². The molecule has 0 radical (unpaired) electrons. The third-order valence-electron chi connectivity index (χ3n) is 3.69. The summed E-state index contributed by atoms with van der Waals surface area (Å²) in [6.07, 6.45) is 2.54. The molecule has 0 atom stereocenters. The molecule has 0 aliphatic rings. The van der Waals surface area contributed by atoms with Crippen molar-refractivity contribution >= 4 is 18.0 Å². The molecule has 0 aliphatic carbocycles. The fourth-order valence-corrected chi connectivity index (χ4v) is 2.37. The Labute approximate surface area is 156 Å². The predicted molar refractivity (Wildman–Crippen MR) is 98.3 cm³/mol. The molecule has 0 unspecified atom stereocenters. The van der Waals surface area contributed by atoms with E-state index in [0.29, 0.717) is 28.4 Å². The minimum Gasteiger partial charge on any atom is -0.496 e. The van der Waals surface area contributed by atoms with Crippen molar-refractivity contribution in [2.45, 2.75) is 6.61 Å². The summed E-state index contributed by atoms with van der Waals surface area (Å²) in [5.41, 5.74) is 1.77. The number of methoxy groups -OCH3 is 3. The summed E-state index contributed by atoms with van der Waals surface area (Å²) in [6.45, 7) is 0.159. The largest absolute Gasteiger partial charge is 0.496 e. The van der Waals surface area contributed by atoms with Crippen molar-refractivity contribution in [1.82, 2.24) is 0 Å². The Hall–Kier alpha value is -3.48. The van der Waals surface area contributed by atoms with Crippen molar-refractivity contribution in [2.75, 3.05) is 21.3 Å². The van der Waals surface area contributed by atoms with Crippen LogP contribution in [0.4, 0.5) is 0 Å². The lowest BCUT2D eigenvalue weighted by Gasteiger charge is -2.14. The number of hydrogen-bond acceptors (Lipinski definition) is 6. The number of carboxylic acids is 1. The zero-order chi connectivity index (χ0) is 19.8. The Morgan fingerprint density at radius 2 is 1.67 bits per heavy atom. The molecule has 2 rings (SSSR count). The van der Waals surface area contributed by atoms with E-state index in [4.69, 9.17) is 19.3 Å². The summed E-state index contributed by atoms with van der Waals surface area (Å²) in [7, 11) is 4.32. The van der Waals surface area contributed by atoms with Gasteiger partial charge in [-0.3, -0.25) is 0 Å². The fraction of sp³-hybridized carbons (Fsp3) is 0.200. The number of esters is 1. The van der Waals surface area contributed by atoms with E-state index in [0.717, 1.165) is 11.6 Å². The summed E-state index contributed by atoms with van der Waals surface area (Å²) < 4.78 is 21.1. The van der Waals surface area contributed by atoms with Crippen LogP contribution in [-0.2, 0) is 16.1 Å². The molecular weight excluding hydrogens is 352 g/mol.